The number of hydrogen-bond acceptors (Lipinski definition) is 3. The van der Waals surface area contributed by atoms with Crippen molar-refractivity contribution in [1.82, 2.24) is 5.01 Å². The lowest BCUT2D eigenvalue weighted by Gasteiger charge is -2.39. The Morgan fingerprint density at radius 2 is 2.00 bits per heavy atom. The number of rotatable bonds is 1. The SMILES string of the molecule is C[C@@H]1CCC2=NN(C(=O)c3ccccc3)[C@](O)(C(F)(F)F)[C@H]2C1. The number of amides is 1. The quantitative estimate of drug-likeness (QED) is 0.862. The maximum atomic E-state index is 13.7. The van der Waals surface area contributed by atoms with Crippen LogP contribution in [0.3, 0.4) is 0 Å². The molecule has 2 aliphatic rings. The monoisotopic (exact) mass is 326 g/mol. The van der Waals surface area contributed by atoms with E-state index >= 15 is 0 Å². The van der Waals surface area contributed by atoms with Gasteiger partial charge in [0.1, 0.15) is 0 Å². The molecule has 1 amide bonds. The molecule has 124 valence electrons. The van der Waals surface area contributed by atoms with Gasteiger partial charge in [0.2, 0.25) is 0 Å². The molecule has 0 unspecified atom stereocenters. The third-order valence-electron chi connectivity index (χ3n) is 4.60. The maximum absolute atomic E-state index is 13.7. The standard InChI is InChI=1S/C16H17F3N2O2/c1-10-7-8-13-12(9-10)15(23,16(17,18)19)21(20-13)14(22)11-5-3-2-4-6-11/h2-6,10,12,23H,7-9H2,1H3/t10-,12+,15-/m1/s1. The Bertz CT molecular complexity index is 644. The van der Waals surface area contributed by atoms with Crippen LogP contribution in [0.15, 0.2) is 35.4 Å². The molecule has 1 fully saturated rings. The number of hydrogen-bond donors (Lipinski definition) is 1. The van der Waals surface area contributed by atoms with E-state index in [0.29, 0.717) is 12.8 Å². The van der Waals surface area contributed by atoms with E-state index in [9.17, 15) is 23.1 Å². The van der Waals surface area contributed by atoms with Gasteiger partial charge in [0.25, 0.3) is 11.6 Å². The number of alkyl halides is 3. The van der Waals surface area contributed by atoms with Crippen LogP contribution in [0, 0.1) is 11.8 Å². The van der Waals surface area contributed by atoms with Gasteiger partial charge in [-0.2, -0.15) is 23.3 Å². The van der Waals surface area contributed by atoms with Crippen LogP contribution in [0.25, 0.3) is 0 Å². The molecular weight excluding hydrogens is 309 g/mol. The summed E-state index contributed by atoms with van der Waals surface area (Å²) in [5.41, 5.74) is -2.96. The van der Waals surface area contributed by atoms with Gasteiger partial charge in [-0.15, -0.1) is 0 Å². The van der Waals surface area contributed by atoms with Gasteiger partial charge in [-0.25, -0.2) is 0 Å². The Labute approximate surface area is 131 Å². The van der Waals surface area contributed by atoms with Gasteiger partial charge >= 0.3 is 6.18 Å². The summed E-state index contributed by atoms with van der Waals surface area (Å²) in [6.07, 6.45) is -3.75. The summed E-state index contributed by atoms with van der Waals surface area (Å²) in [4.78, 5) is 12.5. The van der Waals surface area contributed by atoms with Crippen molar-refractivity contribution in [2.24, 2.45) is 16.9 Å². The minimum Gasteiger partial charge on any atom is -0.362 e. The largest absolute Gasteiger partial charge is 0.439 e. The van der Waals surface area contributed by atoms with Crippen LogP contribution >= 0.6 is 0 Å². The molecule has 0 aromatic heterocycles. The summed E-state index contributed by atoms with van der Waals surface area (Å²) in [5, 5.41) is 14.6. The topological polar surface area (TPSA) is 52.9 Å². The summed E-state index contributed by atoms with van der Waals surface area (Å²) in [7, 11) is 0. The van der Waals surface area contributed by atoms with Crippen molar-refractivity contribution in [1.29, 1.82) is 0 Å². The minimum absolute atomic E-state index is 0.0413. The van der Waals surface area contributed by atoms with Crippen molar-refractivity contribution in [2.45, 2.75) is 38.1 Å². The molecule has 1 aliphatic heterocycles. The number of fused-ring (bicyclic) bond motifs is 1. The number of halogens is 3. The van der Waals surface area contributed by atoms with Crippen LogP contribution in [0.1, 0.15) is 36.5 Å². The highest BCUT2D eigenvalue weighted by Crippen LogP contribution is 2.49. The van der Waals surface area contributed by atoms with Crippen LogP contribution in [0.5, 0.6) is 0 Å². The first kappa shape index (κ1) is 16.0. The van der Waals surface area contributed by atoms with Crippen LogP contribution in [-0.2, 0) is 0 Å². The Balaban J connectivity index is 2.04. The van der Waals surface area contributed by atoms with Crippen molar-refractivity contribution in [3.63, 3.8) is 0 Å². The van der Waals surface area contributed by atoms with E-state index in [4.69, 9.17) is 0 Å². The second-order valence-electron chi connectivity index (χ2n) is 6.23. The molecule has 23 heavy (non-hydrogen) atoms. The first-order chi connectivity index (χ1) is 10.7. The average molecular weight is 326 g/mol. The molecular formula is C16H17F3N2O2. The highest BCUT2D eigenvalue weighted by Gasteiger charge is 2.68. The van der Waals surface area contributed by atoms with Crippen LogP contribution in [0.4, 0.5) is 13.2 Å². The molecule has 1 aliphatic carbocycles. The smallest absolute Gasteiger partial charge is 0.362 e. The number of nitrogens with zero attached hydrogens (tertiary/aromatic N) is 2. The summed E-state index contributed by atoms with van der Waals surface area (Å²) >= 11 is 0. The molecule has 1 heterocycles. The zero-order valence-corrected chi connectivity index (χ0v) is 12.5. The predicted molar refractivity (Wildman–Crippen MR) is 77.6 cm³/mol. The summed E-state index contributed by atoms with van der Waals surface area (Å²) in [5.74, 6) is -2.10. The zero-order chi connectivity index (χ0) is 16.8. The molecule has 1 aromatic rings. The van der Waals surface area contributed by atoms with Crippen molar-refractivity contribution >= 4 is 11.6 Å². The number of carbonyl (C=O) groups is 1. The van der Waals surface area contributed by atoms with Crippen molar-refractivity contribution in [2.75, 3.05) is 0 Å². The molecule has 4 nitrogen and oxygen atoms in total. The van der Waals surface area contributed by atoms with Crippen molar-refractivity contribution in [3.05, 3.63) is 35.9 Å². The second kappa shape index (κ2) is 5.33. The summed E-state index contributed by atoms with van der Waals surface area (Å²) in [6.45, 7) is 1.84. The Morgan fingerprint density at radius 3 is 2.61 bits per heavy atom. The lowest BCUT2D eigenvalue weighted by molar-refractivity contribution is -0.313. The van der Waals surface area contributed by atoms with Gasteiger partial charge < -0.3 is 5.11 Å². The molecule has 7 heteroatoms. The maximum Gasteiger partial charge on any atom is 0.439 e. The van der Waals surface area contributed by atoms with Crippen molar-refractivity contribution in [3.8, 4) is 0 Å². The molecule has 3 atom stereocenters. The Morgan fingerprint density at radius 1 is 1.35 bits per heavy atom. The van der Waals surface area contributed by atoms with Gasteiger partial charge in [0.05, 0.1) is 5.92 Å². The van der Waals surface area contributed by atoms with E-state index in [1.54, 1.807) is 18.2 Å². The fourth-order valence-electron chi connectivity index (χ4n) is 3.31. The number of aliphatic hydroxyl groups is 1. The zero-order valence-electron chi connectivity index (χ0n) is 12.5. The molecule has 0 saturated heterocycles. The fourth-order valence-corrected chi connectivity index (χ4v) is 3.31. The highest BCUT2D eigenvalue weighted by molar-refractivity contribution is 5.99. The molecule has 1 aromatic carbocycles. The predicted octanol–water partition coefficient (Wildman–Crippen LogP) is 3.19. The van der Waals surface area contributed by atoms with E-state index in [2.05, 4.69) is 5.10 Å². The number of hydrazone groups is 1. The molecule has 1 saturated carbocycles. The first-order valence-corrected chi connectivity index (χ1v) is 7.51. The van der Waals surface area contributed by atoms with E-state index in [1.807, 2.05) is 6.92 Å². The number of benzene rings is 1. The number of carbonyl (C=O) groups excluding carboxylic acids is 1. The highest BCUT2D eigenvalue weighted by atomic mass is 19.4. The third-order valence-corrected chi connectivity index (χ3v) is 4.60. The van der Waals surface area contributed by atoms with Crippen LogP contribution < -0.4 is 0 Å². The normalized spacial score (nSPS) is 30.8. The van der Waals surface area contributed by atoms with E-state index in [1.165, 1.54) is 12.1 Å². The van der Waals surface area contributed by atoms with Crippen LogP contribution in [-0.4, -0.2) is 33.6 Å². The van der Waals surface area contributed by atoms with Gasteiger partial charge in [0.15, 0.2) is 0 Å². The molecule has 0 spiro atoms. The minimum atomic E-state index is -4.98. The molecule has 0 bridgehead atoms. The molecule has 0 radical (unpaired) electrons. The second-order valence-corrected chi connectivity index (χ2v) is 6.23. The van der Waals surface area contributed by atoms with Crippen LogP contribution in [0.2, 0.25) is 0 Å². The lowest BCUT2D eigenvalue weighted by Crippen LogP contribution is -2.61. The first-order valence-electron chi connectivity index (χ1n) is 7.51. The summed E-state index contributed by atoms with van der Waals surface area (Å²) in [6, 6.07) is 7.58. The van der Waals surface area contributed by atoms with Gasteiger partial charge in [-0.05, 0) is 37.3 Å². The fraction of sp³-hybridized carbons (Fsp3) is 0.500. The average Bonchev–Trinajstić information content (AvgIpc) is 2.81. The Kier molecular flexibility index (Phi) is 3.71. The molecule has 3 rings (SSSR count). The van der Waals surface area contributed by atoms with Gasteiger partial charge in [0, 0.05) is 11.3 Å². The molecule has 1 N–H and O–H groups in total. The Hall–Kier alpha value is -1.89. The van der Waals surface area contributed by atoms with E-state index in [-0.39, 0.29) is 28.6 Å². The van der Waals surface area contributed by atoms with Gasteiger partial charge in [-0.3, -0.25) is 4.79 Å². The van der Waals surface area contributed by atoms with Gasteiger partial charge in [-0.1, -0.05) is 25.1 Å². The van der Waals surface area contributed by atoms with E-state index < -0.39 is 23.7 Å². The van der Waals surface area contributed by atoms with E-state index in [0.717, 1.165) is 0 Å². The van der Waals surface area contributed by atoms with Crippen molar-refractivity contribution < 1.29 is 23.1 Å². The lowest BCUT2D eigenvalue weighted by atomic mass is 9.76. The summed E-state index contributed by atoms with van der Waals surface area (Å²) < 4.78 is 41.0. The third kappa shape index (κ3) is 2.43.